The van der Waals surface area contributed by atoms with E-state index in [0.29, 0.717) is 23.1 Å². The zero-order chi connectivity index (χ0) is 21.5. The van der Waals surface area contributed by atoms with Gasteiger partial charge in [0.25, 0.3) is 0 Å². The lowest BCUT2D eigenvalue weighted by molar-refractivity contribution is -0.140. The molecular formula is C27H33NO2. The molecule has 1 aliphatic carbocycles. The summed E-state index contributed by atoms with van der Waals surface area (Å²) in [6.07, 6.45) is 6.76. The molecule has 0 bridgehead atoms. The summed E-state index contributed by atoms with van der Waals surface area (Å²) >= 11 is 0. The number of esters is 1. The smallest absolute Gasteiger partial charge is 0.314 e. The van der Waals surface area contributed by atoms with Crippen LogP contribution in [0.4, 0.5) is 0 Å². The van der Waals surface area contributed by atoms with E-state index in [9.17, 15) is 10.1 Å². The van der Waals surface area contributed by atoms with Gasteiger partial charge in [-0.25, -0.2) is 0 Å². The van der Waals surface area contributed by atoms with Gasteiger partial charge in [-0.15, -0.1) is 0 Å². The maximum atomic E-state index is 12.7. The van der Waals surface area contributed by atoms with Gasteiger partial charge in [-0.05, 0) is 85.6 Å². The highest BCUT2D eigenvalue weighted by Crippen LogP contribution is 2.36. The molecule has 0 aliphatic heterocycles. The van der Waals surface area contributed by atoms with Crippen molar-refractivity contribution in [3.63, 3.8) is 0 Å². The predicted molar refractivity (Wildman–Crippen MR) is 120 cm³/mol. The van der Waals surface area contributed by atoms with E-state index in [1.165, 1.54) is 11.1 Å². The van der Waals surface area contributed by atoms with Gasteiger partial charge in [-0.2, -0.15) is 5.26 Å². The molecule has 1 saturated carbocycles. The molecule has 0 amide bonds. The molecule has 2 aromatic rings. The van der Waals surface area contributed by atoms with Gasteiger partial charge in [0.1, 0.15) is 11.8 Å². The van der Waals surface area contributed by atoms with E-state index in [2.05, 4.69) is 51.1 Å². The summed E-state index contributed by atoms with van der Waals surface area (Å²) in [6, 6.07) is 16.7. The van der Waals surface area contributed by atoms with E-state index in [0.717, 1.165) is 50.5 Å². The lowest BCUT2D eigenvalue weighted by atomic mass is 9.78. The zero-order valence-corrected chi connectivity index (χ0v) is 18.5. The van der Waals surface area contributed by atoms with E-state index < -0.39 is 0 Å². The summed E-state index contributed by atoms with van der Waals surface area (Å²) in [5.41, 5.74) is 4.31. The molecule has 1 fully saturated rings. The van der Waals surface area contributed by atoms with Crippen LogP contribution in [0.3, 0.4) is 0 Å². The number of nitrogens with zero attached hydrogens (tertiary/aromatic N) is 1. The molecule has 1 aliphatic rings. The second-order valence-corrected chi connectivity index (χ2v) is 8.94. The van der Waals surface area contributed by atoms with Crippen molar-refractivity contribution in [2.24, 2.45) is 11.8 Å². The molecule has 2 aromatic carbocycles. The number of rotatable bonds is 7. The fraction of sp³-hybridized carbons (Fsp3) is 0.481. The topological polar surface area (TPSA) is 50.1 Å². The van der Waals surface area contributed by atoms with Crippen LogP contribution in [0, 0.1) is 23.2 Å². The Kier molecular flexibility index (Phi) is 7.69. The number of ether oxygens (including phenoxy) is 1. The van der Waals surface area contributed by atoms with Crippen LogP contribution in [-0.4, -0.2) is 5.97 Å². The van der Waals surface area contributed by atoms with Crippen LogP contribution in [0.25, 0.3) is 0 Å². The number of aryl methyl sites for hydroxylation is 2. The Morgan fingerprint density at radius 2 is 1.73 bits per heavy atom. The lowest BCUT2D eigenvalue weighted by Gasteiger charge is -2.27. The highest BCUT2D eigenvalue weighted by atomic mass is 16.5. The van der Waals surface area contributed by atoms with Crippen molar-refractivity contribution in [1.29, 1.82) is 5.26 Å². The monoisotopic (exact) mass is 403 g/mol. The quantitative estimate of drug-likeness (QED) is 0.387. The Labute approximate surface area is 181 Å². The highest BCUT2D eigenvalue weighted by Gasteiger charge is 2.29. The number of benzene rings is 2. The number of nitriles is 1. The summed E-state index contributed by atoms with van der Waals surface area (Å²) in [7, 11) is 0. The maximum absolute atomic E-state index is 12.7. The minimum absolute atomic E-state index is 0.0803. The van der Waals surface area contributed by atoms with Gasteiger partial charge in [0.2, 0.25) is 0 Å². The van der Waals surface area contributed by atoms with Gasteiger partial charge in [0.05, 0.1) is 11.5 Å². The molecule has 158 valence electrons. The SMILES string of the molecule is CCc1ccc(C2CCC(C(=O)Oc3ccc(CCC(C)C)cc3C#N)CC2)cc1. The molecule has 0 heterocycles. The minimum atomic E-state index is -0.193. The van der Waals surface area contributed by atoms with Crippen molar-refractivity contribution in [3.8, 4) is 11.8 Å². The second kappa shape index (κ2) is 10.4. The van der Waals surface area contributed by atoms with Crippen molar-refractivity contribution in [3.05, 3.63) is 64.7 Å². The number of carbonyl (C=O) groups excluding carboxylic acids is 1. The normalized spacial score (nSPS) is 18.8. The molecule has 0 radical (unpaired) electrons. The number of hydrogen-bond acceptors (Lipinski definition) is 3. The van der Waals surface area contributed by atoms with Crippen LogP contribution in [-0.2, 0) is 17.6 Å². The van der Waals surface area contributed by atoms with E-state index in [1.54, 1.807) is 6.07 Å². The van der Waals surface area contributed by atoms with Crippen molar-refractivity contribution in [1.82, 2.24) is 0 Å². The molecule has 0 atom stereocenters. The Bertz CT molecular complexity index is 884. The number of hydrogen-bond donors (Lipinski definition) is 0. The number of carbonyl (C=O) groups is 1. The summed E-state index contributed by atoms with van der Waals surface area (Å²) in [4.78, 5) is 12.7. The second-order valence-electron chi connectivity index (χ2n) is 8.94. The third kappa shape index (κ3) is 5.72. The molecule has 0 unspecified atom stereocenters. The van der Waals surface area contributed by atoms with Gasteiger partial charge in [0, 0.05) is 0 Å². The van der Waals surface area contributed by atoms with Gasteiger partial charge in [-0.3, -0.25) is 4.79 Å². The summed E-state index contributed by atoms with van der Waals surface area (Å²) in [6.45, 7) is 6.55. The average Bonchev–Trinajstić information content (AvgIpc) is 2.78. The van der Waals surface area contributed by atoms with E-state index >= 15 is 0 Å². The first-order valence-corrected chi connectivity index (χ1v) is 11.3. The van der Waals surface area contributed by atoms with Crippen molar-refractivity contribution in [2.75, 3.05) is 0 Å². The van der Waals surface area contributed by atoms with Gasteiger partial charge in [0.15, 0.2) is 0 Å². The van der Waals surface area contributed by atoms with Crippen LogP contribution in [0.5, 0.6) is 5.75 Å². The lowest BCUT2D eigenvalue weighted by Crippen LogP contribution is -2.25. The molecule has 0 spiro atoms. The van der Waals surface area contributed by atoms with Crippen LogP contribution in [0.15, 0.2) is 42.5 Å². The van der Waals surface area contributed by atoms with Crippen LogP contribution < -0.4 is 4.74 Å². The molecule has 0 aromatic heterocycles. The third-order valence-corrected chi connectivity index (χ3v) is 6.31. The Hall–Kier alpha value is -2.60. The molecule has 0 saturated heterocycles. The van der Waals surface area contributed by atoms with Crippen molar-refractivity contribution in [2.45, 2.75) is 71.6 Å². The fourth-order valence-electron chi connectivity index (χ4n) is 4.24. The van der Waals surface area contributed by atoms with E-state index in [1.807, 2.05) is 12.1 Å². The first kappa shape index (κ1) is 22.1. The van der Waals surface area contributed by atoms with Gasteiger partial charge >= 0.3 is 5.97 Å². The molecule has 3 nitrogen and oxygen atoms in total. The Morgan fingerprint density at radius 3 is 2.33 bits per heavy atom. The van der Waals surface area contributed by atoms with Crippen LogP contribution in [0.2, 0.25) is 0 Å². The zero-order valence-electron chi connectivity index (χ0n) is 18.5. The summed E-state index contributed by atoms with van der Waals surface area (Å²) in [5, 5.41) is 9.50. The third-order valence-electron chi connectivity index (χ3n) is 6.31. The molecule has 0 N–H and O–H groups in total. The standard InChI is InChI=1S/C27H33NO2/c1-4-20-7-10-22(11-8-20)23-12-14-24(15-13-23)27(29)30-26-16-9-21(6-5-19(2)3)17-25(26)18-28/h7-11,16-17,19,23-24H,4-6,12-15H2,1-3H3. The Morgan fingerprint density at radius 1 is 1.07 bits per heavy atom. The van der Waals surface area contributed by atoms with Crippen molar-refractivity contribution < 1.29 is 9.53 Å². The van der Waals surface area contributed by atoms with Gasteiger partial charge in [-0.1, -0.05) is 51.1 Å². The molecule has 3 rings (SSSR count). The van der Waals surface area contributed by atoms with Gasteiger partial charge < -0.3 is 4.74 Å². The first-order chi connectivity index (χ1) is 14.5. The van der Waals surface area contributed by atoms with Crippen molar-refractivity contribution >= 4 is 5.97 Å². The largest absolute Gasteiger partial charge is 0.425 e. The summed E-state index contributed by atoms with van der Waals surface area (Å²) in [5.74, 6) is 1.26. The Balaban J connectivity index is 1.57. The summed E-state index contributed by atoms with van der Waals surface area (Å²) < 4.78 is 5.67. The average molecular weight is 404 g/mol. The minimum Gasteiger partial charge on any atom is -0.425 e. The molecule has 30 heavy (non-hydrogen) atoms. The van der Waals surface area contributed by atoms with E-state index in [-0.39, 0.29) is 11.9 Å². The molecule has 3 heteroatoms. The van der Waals surface area contributed by atoms with E-state index in [4.69, 9.17) is 4.74 Å². The van der Waals surface area contributed by atoms with Crippen LogP contribution in [0.1, 0.15) is 81.0 Å². The predicted octanol–water partition coefficient (Wildman–Crippen LogP) is 6.59. The highest BCUT2D eigenvalue weighted by molar-refractivity contribution is 5.76. The molecular weight excluding hydrogens is 370 g/mol. The maximum Gasteiger partial charge on any atom is 0.314 e. The van der Waals surface area contributed by atoms with Crippen LogP contribution >= 0.6 is 0 Å². The first-order valence-electron chi connectivity index (χ1n) is 11.3. The fourth-order valence-corrected chi connectivity index (χ4v) is 4.24.